The second-order valence-corrected chi connectivity index (χ2v) is 11.4. The summed E-state index contributed by atoms with van der Waals surface area (Å²) in [5.74, 6) is -3.19. The Bertz CT molecular complexity index is 1100. The van der Waals surface area contributed by atoms with Gasteiger partial charge in [-0.25, -0.2) is 0 Å². The molecule has 3 rings (SSSR count). The highest BCUT2D eigenvalue weighted by atomic mass is 35.5. The van der Waals surface area contributed by atoms with E-state index in [-0.39, 0.29) is 17.6 Å². The van der Waals surface area contributed by atoms with Gasteiger partial charge in [-0.15, -0.1) is 0 Å². The molecule has 1 aromatic heterocycles. The average molecular weight is 529 g/mol. The van der Waals surface area contributed by atoms with Gasteiger partial charge in [0.05, 0.1) is 16.4 Å². The highest BCUT2D eigenvalue weighted by molar-refractivity contribution is 6.33. The summed E-state index contributed by atoms with van der Waals surface area (Å²) in [4.78, 5) is 24.0. The predicted molar refractivity (Wildman–Crippen MR) is 130 cm³/mol. The van der Waals surface area contributed by atoms with Crippen LogP contribution < -0.4 is 5.32 Å². The molecule has 6 nitrogen and oxygen atoms in total. The molecule has 0 spiro atoms. The maximum Gasteiger partial charge on any atom is 0.421 e. The molecule has 1 amide bonds. The summed E-state index contributed by atoms with van der Waals surface area (Å²) in [6.45, 7) is 8.11. The number of aromatic nitrogens is 1. The van der Waals surface area contributed by atoms with Crippen LogP contribution in [0.15, 0.2) is 22.7 Å². The molecule has 0 unspecified atom stereocenters. The molecule has 2 aromatic rings. The highest BCUT2D eigenvalue weighted by Gasteiger charge is 2.47. The van der Waals surface area contributed by atoms with Crippen molar-refractivity contribution in [1.29, 1.82) is 0 Å². The van der Waals surface area contributed by atoms with Gasteiger partial charge in [-0.2, -0.15) is 13.2 Å². The third-order valence-electron chi connectivity index (χ3n) is 6.46. The number of nitrogens with zero attached hydrogens (tertiary/aromatic N) is 1. The van der Waals surface area contributed by atoms with Crippen molar-refractivity contribution >= 4 is 29.2 Å². The molecule has 1 aliphatic rings. The van der Waals surface area contributed by atoms with Crippen LogP contribution in [0.2, 0.25) is 5.02 Å². The largest absolute Gasteiger partial charge is 0.481 e. The normalized spacial score (nSPS) is 19.0. The van der Waals surface area contributed by atoms with Crippen LogP contribution in [0, 0.1) is 18.3 Å². The number of aryl methyl sites for hydroxylation is 1. The Hall–Kier alpha value is -2.55. The first kappa shape index (κ1) is 28.0. The van der Waals surface area contributed by atoms with Gasteiger partial charge in [-0.1, -0.05) is 43.6 Å². The number of anilines is 1. The number of carboxylic acid groups (broad SMARTS) is 1. The van der Waals surface area contributed by atoms with Crippen LogP contribution >= 0.6 is 11.6 Å². The highest BCUT2D eigenvalue weighted by Crippen LogP contribution is 2.51. The zero-order valence-electron chi connectivity index (χ0n) is 20.8. The topological polar surface area (TPSA) is 92.4 Å². The predicted octanol–water partition coefficient (Wildman–Crippen LogP) is 7.56. The Morgan fingerprint density at radius 3 is 2.47 bits per heavy atom. The van der Waals surface area contributed by atoms with E-state index in [1.54, 1.807) is 18.2 Å². The molecule has 1 atom stereocenters. The lowest BCUT2D eigenvalue weighted by Crippen LogP contribution is -2.27. The number of halogens is 4. The number of hydrogen-bond donors (Lipinski definition) is 2. The maximum absolute atomic E-state index is 14.2. The van der Waals surface area contributed by atoms with E-state index >= 15 is 0 Å². The molecular formula is C26H32ClF3N2O4. The van der Waals surface area contributed by atoms with Crippen LogP contribution in [0.25, 0.3) is 0 Å². The molecule has 0 bridgehead atoms. The van der Waals surface area contributed by atoms with Crippen molar-refractivity contribution < 1.29 is 32.4 Å². The van der Waals surface area contributed by atoms with Gasteiger partial charge >= 0.3 is 12.1 Å². The zero-order valence-corrected chi connectivity index (χ0v) is 21.6. The van der Waals surface area contributed by atoms with Crippen LogP contribution in [0.5, 0.6) is 0 Å². The number of hydrogen-bond acceptors (Lipinski definition) is 4. The quantitative estimate of drug-likeness (QED) is 0.350. The molecule has 0 radical (unpaired) electrons. The number of amides is 1. The monoisotopic (exact) mass is 528 g/mol. The molecule has 198 valence electrons. The number of aliphatic carboxylic acids is 1. The van der Waals surface area contributed by atoms with Gasteiger partial charge in [-0.05, 0) is 61.6 Å². The van der Waals surface area contributed by atoms with Crippen LogP contribution in [0.3, 0.4) is 0 Å². The minimum absolute atomic E-state index is 0.0741. The van der Waals surface area contributed by atoms with E-state index in [9.17, 15) is 22.8 Å². The van der Waals surface area contributed by atoms with E-state index < -0.39 is 54.0 Å². The lowest BCUT2D eigenvalue weighted by atomic mass is 9.67. The molecular weight excluding hydrogens is 497 g/mol. The van der Waals surface area contributed by atoms with Crippen molar-refractivity contribution in [3.8, 4) is 0 Å². The summed E-state index contributed by atoms with van der Waals surface area (Å²) in [6.07, 6.45) is -3.73. The smallest absolute Gasteiger partial charge is 0.421 e. The van der Waals surface area contributed by atoms with Gasteiger partial charge in [0, 0.05) is 24.7 Å². The van der Waals surface area contributed by atoms with Gasteiger partial charge in [0.15, 0.2) is 5.76 Å². The lowest BCUT2D eigenvalue weighted by molar-refractivity contribution is -0.140. The Kier molecular flexibility index (Phi) is 8.43. The fourth-order valence-corrected chi connectivity index (χ4v) is 5.20. The molecule has 0 aliphatic heterocycles. The number of carboxylic acids is 1. The minimum Gasteiger partial charge on any atom is -0.481 e. The number of carbonyl (C=O) groups excluding carboxylic acids is 1. The fraction of sp³-hybridized carbons (Fsp3) is 0.577. The third kappa shape index (κ3) is 7.24. The van der Waals surface area contributed by atoms with Crippen LogP contribution in [0.1, 0.15) is 93.7 Å². The summed E-state index contributed by atoms with van der Waals surface area (Å²) in [7, 11) is 0. The number of rotatable bonds is 9. The van der Waals surface area contributed by atoms with Gasteiger partial charge in [0.1, 0.15) is 5.56 Å². The summed E-state index contributed by atoms with van der Waals surface area (Å²) in [6, 6.07) is 4.98. The molecule has 10 heteroatoms. The number of benzene rings is 1. The standard InChI is InChI=1S/C26H32ClF3N2O4/c1-14-5-7-19(18(27)9-14)31-20(33)12-16(6-8-21(34)35)23-22(26(28,29)30)24(36-32-23)17-10-15(11-17)13-25(2,3)4/h5,7,9,15-17H,6,8,10-13H2,1-4H3,(H,31,33)(H,34,35)/t15-,16-,17+/m0/s1. The lowest BCUT2D eigenvalue weighted by Gasteiger charge is -2.38. The van der Waals surface area contributed by atoms with Gasteiger partial charge in [-0.3, -0.25) is 9.59 Å². The summed E-state index contributed by atoms with van der Waals surface area (Å²) < 4.78 is 47.9. The number of nitrogens with one attached hydrogen (secondary N) is 1. The van der Waals surface area contributed by atoms with Crippen LogP contribution in [-0.2, 0) is 15.8 Å². The first-order valence-electron chi connectivity index (χ1n) is 12.0. The van der Waals surface area contributed by atoms with E-state index in [1.165, 1.54) is 0 Å². The fourth-order valence-electron chi connectivity index (χ4n) is 4.92. The molecule has 2 N–H and O–H groups in total. The van der Waals surface area contributed by atoms with E-state index in [4.69, 9.17) is 21.2 Å². The minimum atomic E-state index is -4.75. The molecule has 1 aliphatic carbocycles. The van der Waals surface area contributed by atoms with Crippen molar-refractivity contribution in [2.45, 2.75) is 84.2 Å². The Balaban J connectivity index is 1.85. The SMILES string of the molecule is Cc1ccc(NC(=O)C[C@H](CCC(=O)O)c2noc([C@H]3C[C@@H](CC(C)(C)C)C3)c2C(F)(F)F)c(Cl)c1. The third-order valence-corrected chi connectivity index (χ3v) is 6.77. The van der Waals surface area contributed by atoms with Crippen molar-refractivity contribution in [3.63, 3.8) is 0 Å². The second kappa shape index (κ2) is 10.8. The summed E-state index contributed by atoms with van der Waals surface area (Å²) in [5, 5.41) is 15.8. The molecule has 1 fully saturated rings. The Morgan fingerprint density at radius 1 is 1.25 bits per heavy atom. The Morgan fingerprint density at radius 2 is 1.92 bits per heavy atom. The van der Waals surface area contributed by atoms with E-state index in [1.807, 2.05) is 6.92 Å². The van der Waals surface area contributed by atoms with Crippen LogP contribution in [-0.4, -0.2) is 22.1 Å². The molecule has 0 saturated heterocycles. The van der Waals surface area contributed by atoms with Crippen molar-refractivity contribution in [2.24, 2.45) is 11.3 Å². The maximum atomic E-state index is 14.2. The van der Waals surface area contributed by atoms with E-state index in [2.05, 4.69) is 31.2 Å². The Labute approximate surface area is 213 Å². The zero-order chi connectivity index (χ0) is 26.8. The summed E-state index contributed by atoms with van der Waals surface area (Å²) in [5.41, 5.74) is -0.116. The van der Waals surface area contributed by atoms with Crippen LogP contribution in [0.4, 0.5) is 18.9 Å². The van der Waals surface area contributed by atoms with E-state index in [0.717, 1.165) is 12.0 Å². The van der Waals surface area contributed by atoms with E-state index in [0.29, 0.717) is 29.5 Å². The van der Waals surface area contributed by atoms with Crippen molar-refractivity contribution in [2.75, 3.05) is 5.32 Å². The molecule has 1 saturated carbocycles. The van der Waals surface area contributed by atoms with Gasteiger partial charge in [0.2, 0.25) is 5.91 Å². The molecule has 1 aromatic carbocycles. The average Bonchev–Trinajstić information content (AvgIpc) is 3.14. The number of alkyl halides is 3. The molecule has 1 heterocycles. The van der Waals surface area contributed by atoms with Crippen molar-refractivity contribution in [1.82, 2.24) is 5.16 Å². The first-order valence-corrected chi connectivity index (χ1v) is 12.4. The van der Waals surface area contributed by atoms with Gasteiger partial charge < -0.3 is 14.9 Å². The van der Waals surface area contributed by atoms with Crippen molar-refractivity contribution in [3.05, 3.63) is 45.8 Å². The first-order chi connectivity index (χ1) is 16.6. The molecule has 36 heavy (non-hydrogen) atoms. The van der Waals surface area contributed by atoms with Gasteiger partial charge in [0.25, 0.3) is 0 Å². The number of carbonyl (C=O) groups is 2. The summed E-state index contributed by atoms with van der Waals surface area (Å²) >= 11 is 6.16. The second-order valence-electron chi connectivity index (χ2n) is 11.0.